The number of carbonyl (C=O) groups excluding carboxylic acids is 1. The van der Waals surface area contributed by atoms with E-state index in [0.717, 1.165) is 12.1 Å². The Balaban J connectivity index is 1.93. The second-order valence-corrected chi connectivity index (χ2v) is 7.72. The Kier molecular flexibility index (Phi) is 6.93. The first-order valence-corrected chi connectivity index (χ1v) is 9.54. The molecule has 2 aromatic rings. The van der Waals surface area contributed by atoms with Gasteiger partial charge in [-0.1, -0.05) is 35.3 Å². The van der Waals surface area contributed by atoms with Crippen LogP contribution in [0.25, 0.3) is 0 Å². The fourth-order valence-electron chi connectivity index (χ4n) is 2.22. The number of amides is 1. The molecule has 25 heavy (non-hydrogen) atoms. The molecule has 2 rings (SSSR count). The Morgan fingerprint density at radius 2 is 1.92 bits per heavy atom. The molecule has 0 spiro atoms. The fraction of sp³-hybridized carbons (Fsp3) is 0.235. The van der Waals surface area contributed by atoms with Crippen LogP contribution in [0.5, 0.6) is 0 Å². The Hall–Kier alpha value is -1.50. The quantitative estimate of drug-likeness (QED) is 0.773. The van der Waals surface area contributed by atoms with Crippen molar-refractivity contribution < 1.29 is 17.8 Å². The molecule has 0 bridgehead atoms. The number of rotatable bonds is 6. The van der Waals surface area contributed by atoms with Crippen LogP contribution in [0.2, 0.25) is 10.0 Å². The third-order valence-electron chi connectivity index (χ3n) is 3.43. The van der Waals surface area contributed by atoms with Gasteiger partial charge in [-0.25, -0.2) is 8.78 Å². The van der Waals surface area contributed by atoms with Gasteiger partial charge in [0.05, 0.1) is 11.8 Å². The maximum atomic E-state index is 13.7. The van der Waals surface area contributed by atoms with E-state index < -0.39 is 34.4 Å². The summed E-state index contributed by atoms with van der Waals surface area (Å²) in [5.41, 5.74) is 0.774. The van der Waals surface area contributed by atoms with Gasteiger partial charge in [0.25, 0.3) is 0 Å². The lowest BCUT2D eigenvalue weighted by Crippen LogP contribution is -2.31. The molecular weight excluding hydrogens is 391 g/mol. The first kappa shape index (κ1) is 19.8. The number of hydrogen-bond acceptors (Lipinski definition) is 2. The Morgan fingerprint density at radius 3 is 2.56 bits per heavy atom. The van der Waals surface area contributed by atoms with Crippen LogP contribution in [0.1, 0.15) is 24.1 Å². The molecule has 0 saturated carbocycles. The van der Waals surface area contributed by atoms with Crippen LogP contribution in [-0.4, -0.2) is 15.9 Å². The minimum Gasteiger partial charge on any atom is -0.349 e. The van der Waals surface area contributed by atoms with E-state index in [-0.39, 0.29) is 17.1 Å². The van der Waals surface area contributed by atoms with Crippen molar-refractivity contribution in [1.82, 2.24) is 5.32 Å². The minimum atomic E-state index is -1.49. The van der Waals surface area contributed by atoms with Crippen LogP contribution in [0, 0.1) is 11.6 Å². The first-order valence-electron chi connectivity index (χ1n) is 7.29. The second-order valence-electron chi connectivity index (χ2n) is 5.42. The zero-order valence-corrected chi connectivity index (χ0v) is 15.5. The largest absolute Gasteiger partial charge is 0.349 e. The third kappa shape index (κ3) is 5.76. The molecule has 134 valence electrons. The molecule has 0 aliphatic carbocycles. The zero-order chi connectivity index (χ0) is 18.6. The molecule has 0 unspecified atom stereocenters. The summed E-state index contributed by atoms with van der Waals surface area (Å²) in [4.78, 5) is 12.0. The molecular formula is C17H15Cl2F2NO2S. The summed E-state index contributed by atoms with van der Waals surface area (Å²) in [6.45, 7) is 1.56. The highest BCUT2D eigenvalue weighted by molar-refractivity contribution is 7.84. The Morgan fingerprint density at radius 1 is 1.20 bits per heavy atom. The van der Waals surface area contributed by atoms with Crippen LogP contribution in [0.4, 0.5) is 8.78 Å². The first-order chi connectivity index (χ1) is 11.8. The van der Waals surface area contributed by atoms with Gasteiger partial charge < -0.3 is 5.32 Å². The zero-order valence-electron chi connectivity index (χ0n) is 13.2. The maximum absolute atomic E-state index is 13.7. The van der Waals surface area contributed by atoms with Crippen molar-refractivity contribution in [3.8, 4) is 0 Å². The predicted molar refractivity (Wildman–Crippen MR) is 96.1 cm³/mol. The molecule has 2 aromatic carbocycles. The summed E-state index contributed by atoms with van der Waals surface area (Å²) < 4.78 is 38.7. The smallest absolute Gasteiger partial charge is 0.233 e. The number of carbonyl (C=O) groups is 1. The summed E-state index contributed by atoms with van der Waals surface area (Å²) in [7, 11) is -1.49. The van der Waals surface area contributed by atoms with Crippen molar-refractivity contribution in [2.75, 3.05) is 5.75 Å². The predicted octanol–water partition coefficient (Wildman–Crippen LogP) is 4.40. The highest BCUT2D eigenvalue weighted by Gasteiger charge is 2.16. The van der Waals surface area contributed by atoms with E-state index in [2.05, 4.69) is 5.32 Å². The van der Waals surface area contributed by atoms with Crippen LogP contribution in [0.15, 0.2) is 36.4 Å². The molecule has 0 aromatic heterocycles. The van der Waals surface area contributed by atoms with Crippen molar-refractivity contribution in [3.63, 3.8) is 0 Å². The molecule has 0 heterocycles. The van der Waals surface area contributed by atoms with E-state index in [0.29, 0.717) is 15.6 Å². The highest BCUT2D eigenvalue weighted by atomic mass is 35.5. The molecule has 1 amide bonds. The van der Waals surface area contributed by atoms with E-state index >= 15 is 0 Å². The van der Waals surface area contributed by atoms with E-state index in [1.165, 1.54) is 12.1 Å². The number of halogens is 4. The van der Waals surface area contributed by atoms with Crippen LogP contribution in [-0.2, 0) is 21.3 Å². The van der Waals surface area contributed by atoms with E-state index in [9.17, 15) is 17.8 Å². The lowest BCUT2D eigenvalue weighted by atomic mass is 10.1. The van der Waals surface area contributed by atoms with E-state index in [1.807, 2.05) is 0 Å². The molecule has 0 radical (unpaired) electrons. The summed E-state index contributed by atoms with van der Waals surface area (Å²) in [6, 6.07) is 7.26. The summed E-state index contributed by atoms with van der Waals surface area (Å²) >= 11 is 11.8. The number of hydrogen-bond donors (Lipinski definition) is 1. The third-order valence-corrected chi connectivity index (χ3v) is 5.23. The minimum absolute atomic E-state index is 0.0999. The maximum Gasteiger partial charge on any atom is 0.233 e. The van der Waals surface area contributed by atoms with Crippen molar-refractivity contribution in [2.24, 2.45) is 0 Å². The summed E-state index contributed by atoms with van der Waals surface area (Å²) in [5, 5.41) is 3.39. The van der Waals surface area contributed by atoms with Crippen molar-refractivity contribution in [2.45, 2.75) is 18.7 Å². The van der Waals surface area contributed by atoms with Crippen molar-refractivity contribution >= 4 is 39.9 Å². The van der Waals surface area contributed by atoms with Crippen LogP contribution < -0.4 is 5.32 Å². The Labute approximate surface area is 156 Å². The lowest BCUT2D eigenvalue weighted by Gasteiger charge is -2.15. The molecule has 0 fully saturated rings. The highest BCUT2D eigenvalue weighted by Crippen LogP contribution is 2.22. The molecule has 0 saturated heterocycles. The lowest BCUT2D eigenvalue weighted by molar-refractivity contribution is -0.119. The SMILES string of the molecule is C[C@@H](NC(=O)C[S@](=O)Cc1ccc(Cl)cc1Cl)c1ccc(F)cc1F. The average Bonchev–Trinajstić information content (AvgIpc) is 2.49. The summed E-state index contributed by atoms with van der Waals surface area (Å²) in [5.74, 6) is -2.10. The van der Waals surface area contributed by atoms with Gasteiger partial charge in [0.1, 0.15) is 17.4 Å². The van der Waals surface area contributed by atoms with Gasteiger partial charge in [0, 0.05) is 32.5 Å². The molecule has 2 atom stereocenters. The molecule has 0 aliphatic heterocycles. The summed E-state index contributed by atoms with van der Waals surface area (Å²) in [6.07, 6.45) is 0. The monoisotopic (exact) mass is 405 g/mol. The normalized spacial score (nSPS) is 13.3. The number of nitrogens with one attached hydrogen (secondary N) is 1. The number of benzene rings is 2. The van der Waals surface area contributed by atoms with E-state index in [4.69, 9.17) is 23.2 Å². The standard InChI is InChI=1S/C17H15Cl2F2NO2S/c1-10(14-5-4-13(20)7-16(14)21)22-17(23)9-25(24)8-11-2-3-12(18)6-15(11)19/h2-7,10H,8-9H2,1H3,(H,22,23)/t10-,25-/m1/s1. The van der Waals surface area contributed by atoms with Gasteiger partial charge in [-0.2, -0.15) is 0 Å². The van der Waals surface area contributed by atoms with Crippen molar-refractivity contribution in [1.29, 1.82) is 0 Å². The second kappa shape index (κ2) is 8.74. The van der Waals surface area contributed by atoms with Gasteiger partial charge in [0.2, 0.25) is 5.91 Å². The molecule has 3 nitrogen and oxygen atoms in total. The molecule has 1 N–H and O–H groups in total. The van der Waals surface area contributed by atoms with Gasteiger partial charge in [-0.15, -0.1) is 0 Å². The van der Waals surface area contributed by atoms with Gasteiger partial charge in [-0.05, 0) is 30.7 Å². The van der Waals surface area contributed by atoms with Crippen LogP contribution >= 0.6 is 23.2 Å². The average molecular weight is 406 g/mol. The fourth-order valence-corrected chi connectivity index (χ4v) is 3.85. The van der Waals surface area contributed by atoms with Crippen molar-refractivity contribution in [3.05, 3.63) is 69.2 Å². The Bertz CT molecular complexity index is 817. The topological polar surface area (TPSA) is 46.2 Å². The molecule has 8 heteroatoms. The van der Waals surface area contributed by atoms with Gasteiger partial charge in [-0.3, -0.25) is 9.00 Å². The van der Waals surface area contributed by atoms with Crippen LogP contribution in [0.3, 0.4) is 0 Å². The van der Waals surface area contributed by atoms with Gasteiger partial charge in [0.15, 0.2) is 0 Å². The van der Waals surface area contributed by atoms with Gasteiger partial charge >= 0.3 is 0 Å². The molecule has 0 aliphatic rings. The van der Waals surface area contributed by atoms with E-state index in [1.54, 1.807) is 19.1 Å².